The Bertz CT molecular complexity index is 691. The van der Waals surface area contributed by atoms with E-state index in [1.807, 2.05) is 20.2 Å². The number of hydrogen-bond acceptors (Lipinski definition) is 6. The maximum absolute atomic E-state index is 12.4. The fourth-order valence-electron chi connectivity index (χ4n) is 3.02. The molecule has 2 aromatic rings. The Kier molecular flexibility index (Phi) is 5.15. The lowest BCUT2D eigenvalue weighted by Gasteiger charge is -2.22. The third-order valence-electron chi connectivity index (χ3n) is 4.04. The third-order valence-corrected chi connectivity index (χ3v) is 4.47. The van der Waals surface area contributed by atoms with Gasteiger partial charge in [0.25, 0.3) is 5.91 Å². The summed E-state index contributed by atoms with van der Waals surface area (Å²) < 4.78 is 5.89. The summed E-state index contributed by atoms with van der Waals surface area (Å²) in [5.41, 5.74) is 0. The van der Waals surface area contributed by atoms with Gasteiger partial charge >= 0.3 is 0 Å². The van der Waals surface area contributed by atoms with Crippen LogP contribution in [0.3, 0.4) is 0 Å². The van der Waals surface area contributed by atoms with Crippen molar-refractivity contribution in [3.05, 3.63) is 41.2 Å². The smallest absolute Gasteiger partial charge is 0.287 e. The zero-order valence-corrected chi connectivity index (χ0v) is 15.2. The maximum atomic E-state index is 12.4. The molecule has 3 heterocycles. The van der Waals surface area contributed by atoms with Crippen LogP contribution in [0.5, 0.6) is 0 Å². The van der Waals surface area contributed by atoms with Gasteiger partial charge in [-0.1, -0.05) is 0 Å². The van der Waals surface area contributed by atoms with Crippen molar-refractivity contribution in [3.63, 3.8) is 0 Å². The summed E-state index contributed by atoms with van der Waals surface area (Å²) in [5, 5.41) is 3.10. The summed E-state index contributed by atoms with van der Waals surface area (Å²) in [7, 11) is 4.08. The van der Waals surface area contributed by atoms with E-state index in [1.54, 1.807) is 24.7 Å². The quantitative estimate of drug-likeness (QED) is 0.831. The van der Waals surface area contributed by atoms with Gasteiger partial charge in [0.1, 0.15) is 12.1 Å². The summed E-state index contributed by atoms with van der Waals surface area (Å²) in [6.45, 7) is 2.43. The van der Waals surface area contributed by atoms with Gasteiger partial charge in [-0.25, -0.2) is 9.97 Å². The van der Waals surface area contributed by atoms with Crippen LogP contribution >= 0.6 is 15.9 Å². The number of halogens is 1. The Balaban J connectivity index is 1.72. The number of aromatic nitrogens is 2. The lowest BCUT2D eigenvalue weighted by Crippen LogP contribution is -2.43. The second-order valence-electron chi connectivity index (χ2n) is 6.18. The predicted octanol–water partition coefficient (Wildman–Crippen LogP) is 1.63. The molecule has 1 saturated heterocycles. The van der Waals surface area contributed by atoms with Crippen molar-refractivity contribution in [2.24, 2.45) is 5.92 Å². The van der Waals surface area contributed by atoms with Gasteiger partial charge in [0.15, 0.2) is 10.4 Å². The largest absolute Gasteiger partial charge is 0.444 e. The number of amides is 1. The highest BCUT2D eigenvalue weighted by Gasteiger charge is 2.35. The van der Waals surface area contributed by atoms with Crippen LogP contribution < -0.4 is 10.2 Å². The van der Waals surface area contributed by atoms with Crippen LogP contribution in [0.25, 0.3) is 0 Å². The van der Waals surface area contributed by atoms with Gasteiger partial charge in [0.2, 0.25) is 0 Å². The zero-order valence-electron chi connectivity index (χ0n) is 13.6. The average molecular weight is 394 g/mol. The van der Waals surface area contributed by atoms with Gasteiger partial charge < -0.3 is 19.5 Å². The summed E-state index contributed by atoms with van der Waals surface area (Å²) in [6, 6.07) is 5.30. The van der Waals surface area contributed by atoms with E-state index >= 15 is 0 Å². The molecule has 0 bridgehead atoms. The molecule has 0 saturated carbocycles. The molecule has 1 fully saturated rings. The first-order valence-electron chi connectivity index (χ1n) is 7.75. The van der Waals surface area contributed by atoms with E-state index < -0.39 is 0 Å². The molecule has 3 rings (SSSR count). The highest BCUT2D eigenvalue weighted by Crippen LogP contribution is 2.23. The molecule has 1 aliphatic rings. The molecular formula is C16H20BrN5O2. The number of carbonyl (C=O) groups is 1. The van der Waals surface area contributed by atoms with Crippen LogP contribution in [-0.2, 0) is 0 Å². The lowest BCUT2D eigenvalue weighted by molar-refractivity contribution is 0.0898. The third kappa shape index (κ3) is 3.93. The Morgan fingerprint density at radius 2 is 2.25 bits per heavy atom. The Hall–Kier alpha value is -1.93. The van der Waals surface area contributed by atoms with Crippen LogP contribution in [0.15, 0.2) is 39.8 Å². The molecule has 0 aliphatic carbocycles. The molecule has 1 amide bonds. The van der Waals surface area contributed by atoms with E-state index in [4.69, 9.17) is 4.42 Å². The summed E-state index contributed by atoms with van der Waals surface area (Å²) in [4.78, 5) is 25.0. The van der Waals surface area contributed by atoms with Crippen molar-refractivity contribution in [2.75, 3.05) is 38.6 Å². The lowest BCUT2D eigenvalue weighted by atomic mass is 10.0. The van der Waals surface area contributed by atoms with Crippen molar-refractivity contribution in [1.29, 1.82) is 0 Å². The van der Waals surface area contributed by atoms with Gasteiger partial charge in [0, 0.05) is 31.7 Å². The topological polar surface area (TPSA) is 74.5 Å². The molecule has 0 aromatic carbocycles. The van der Waals surface area contributed by atoms with Crippen LogP contribution in [0.2, 0.25) is 0 Å². The molecule has 128 valence electrons. The first kappa shape index (κ1) is 16.9. The first-order valence-corrected chi connectivity index (χ1v) is 8.54. The number of carbonyl (C=O) groups excluding carboxylic acids is 1. The van der Waals surface area contributed by atoms with Crippen molar-refractivity contribution in [3.8, 4) is 0 Å². The van der Waals surface area contributed by atoms with E-state index in [0.717, 1.165) is 18.9 Å². The summed E-state index contributed by atoms with van der Waals surface area (Å²) in [6.07, 6.45) is 3.28. The average Bonchev–Trinajstić information content (AvgIpc) is 3.15. The standard InChI is InChI=1S/C16H20BrN5O2/c1-21(2)7-11-8-22(15-5-6-18-10-19-15)9-12(11)20-16(23)13-3-4-14(17)24-13/h3-6,10-12H,7-9H2,1-2H3,(H,20,23)/t11-,12-/m1/s1. The van der Waals surface area contributed by atoms with Crippen LogP contribution in [0.4, 0.5) is 5.82 Å². The molecule has 7 nitrogen and oxygen atoms in total. The van der Waals surface area contributed by atoms with Crippen molar-refractivity contribution in [1.82, 2.24) is 20.2 Å². The molecule has 8 heteroatoms. The molecule has 24 heavy (non-hydrogen) atoms. The van der Waals surface area contributed by atoms with Crippen LogP contribution in [0.1, 0.15) is 10.6 Å². The number of nitrogens with one attached hydrogen (secondary N) is 1. The second kappa shape index (κ2) is 7.31. The zero-order chi connectivity index (χ0) is 17.1. The molecule has 1 aliphatic heterocycles. The SMILES string of the molecule is CN(C)C[C@@H]1CN(c2ccncn2)C[C@H]1NC(=O)c1ccc(Br)o1. The number of hydrogen-bond donors (Lipinski definition) is 1. The summed E-state index contributed by atoms with van der Waals surface area (Å²) in [5.74, 6) is 1.30. The van der Waals surface area contributed by atoms with Gasteiger partial charge in [-0.15, -0.1) is 0 Å². The number of nitrogens with zero attached hydrogens (tertiary/aromatic N) is 4. The molecule has 0 unspecified atom stereocenters. The van der Waals surface area contributed by atoms with E-state index in [1.165, 1.54) is 0 Å². The number of furan rings is 1. The number of rotatable bonds is 5. The normalized spacial score (nSPS) is 20.6. The fraction of sp³-hybridized carbons (Fsp3) is 0.438. The Morgan fingerprint density at radius 3 is 2.88 bits per heavy atom. The first-order chi connectivity index (χ1) is 11.5. The van der Waals surface area contributed by atoms with E-state index in [9.17, 15) is 4.79 Å². The minimum atomic E-state index is -0.195. The Morgan fingerprint density at radius 1 is 1.42 bits per heavy atom. The fourth-order valence-corrected chi connectivity index (χ4v) is 3.33. The van der Waals surface area contributed by atoms with Crippen molar-refractivity contribution < 1.29 is 9.21 Å². The monoisotopic (exact) mass is 393 g/mol. The molecule has 2 aromatic heterocycles. The van der Waals surface area contributed by atoms with Gasteiger partial charge in [-0.2, -0.15) is 0 Å². The predicted molar refractivity (Wildman–Crippen MR) is 94.0 cm³/mol. The minimum Gasteiger partial charge on any atom is -0.444 e. The molecule has 0 radical (unpaired) electrons. The van der Waals surface area contributed by atoms with E-state index in [2.05, 4.69) is 41.0 Å². The highest BCUT2D eigenvalue weighted by molar-refractivity contribution is 9.10. The van der Waals surface area contributed by atoms with Crippen LogP contribution in [0, 0.1) is 5.92 Å². The molecule has 1 N–H and O–H groups in total. The molecular weight excluding hydrogens is 374 g/mol. The second-order valence-corrected chi connectivity index (χ2v) is 6.96. The summed E-state index contributed by atoms with van der Waals surface area (Å²) >= 11 is 3.22. The van der Waals surface area contributed by atoms with Gasteiger partial charge in [-0.05, 0) is 48.2 Å². The van der Waals surface area contributed by atoms with E-state index in [0.29, 0.717) is 22.9 Å². The molecule has 2 atom stereocenters. The van der Waals surface area contributed by atoms with E-state index in [-0.39, 0.29) is 11.9 Å². The van der Waals surface area contributed by atoms with Gasteiger partial charge in [0.05, 0.1) is 6.04 Å². The minimum absolute atomic E-state index is 0.0266. The number of anilines is 1. The van der Waals surface area contributed by atoms with Crippen molar-refractivity contribution in [2.45, 2.75) is 6.04 Å². The Labute approximate surface area is 149 Å². The highest BCUT2D eigenvalue weighted by atomic mass is 79.9. The van der Waals surface area contributed by atoms with Gasteiger partial charge in [-0.3, -0.25) is 4.79 Å². The van der Waals surface area contributed by atoms with Crippen LogP contribution in [-0.4, -0.2) is 60.5 Å². The maximum Gasteiger partial charge on any atom is 0.287 e. The van der Waals surface area contributed by atoms with Crippen molar-refractivity contribution >= 4 is 27.7 Å². The molecule has 0 spiro atoms.